The van der Waals surface area contributed by atoms with Crippen molar-refractivity contribution in [2.24, 2.45) is 5.92 Å². The first-order valence-electron chi connectivity index (χ1n) is 10.7. The molecule has 1 fully saturated rings. The Balaban J connectivity index is 1.40. The minimum Gasteiger partial charge on any atom is -0.378 e. The first-order valence-corrected chi connectivity index (χ1v) is 10.7. The molecule has 2 aromatic rings. The van der Waals surface area contributed by atoms with E-state index < -0.39 is 0 Å². The summed E-state index contributed by atoms with van der Waals surface area (Å²) < 4.78 is 13.0. The highest BCUT2D eigenvalue weighted by atomic mass is 19.1. The number of benzene rings is 2. The van der Waals surface area contributed by atoms with Crippen molar-refractivity contribution in [3.8, 4) is 0 Å². The van der Waals surface area contributed by atoms with Crippen LogP contribution in [0.1, 0.15) is 31.2 Å². The third-order valence-electron chi connectivity index (χ3n) is 5.62. The molecule has 7 heteroatoms. The lowest BCUT2D eigenvalue weighted by Gasteiger charge is -2.32. The van der Waals surface area contributed by atoms with Crippen LogP contribution in [0.25, 0.3) is 0 Å². The molecule has 1 saturated heterocycles. The number of nitrogens with one attached hydrogen (secondary N) is 2. The van der Waals surface area contributed by atoms with E-state index in [2.05, 4.69) is 10.6 Å². The van der Waals surface area contributed by atoms with Crippen LogP contribution in [0.3, 0.4) is 0 Å². The third kappa shape index (κ3) is 6.98. The summed E-state index contributed by atoms with van der Waals surface area (Å²) in [6.45, 7) is 1.84. The molecule has 0 saturated carbocycles. The molecule has 1 aliphatic rings. The Hall–Kier alpha value is -3.09. The van der Waals surface area contributed by atoms with Crippen molar-refractivity contribution in [1.82, 2.24) is 10.2 Å². The molecule has 0 unspecified atom stereocenters. The number of carbonyl (C=O) groups excluding carboxylic acids is 2. The summed E-state index contributed by atoms with van der Waals surface area (Å²) in [6.07, 6.45) is 3.14. The largest absolute Gasteiger partial charge is 0.378 e. The summed E-state index contributed by atoms with van der Waals surface area (Å²) in [4.78, 5) is 28.6. The Morgan fingerprint density at radius 3 is 2.48 bits per heavy atom. The minimum absolute atomic E-state index is 0.0320. The monoisotopic (exact) mass is 426 g/mol. The van der Waals surface area contributed by atoms with Gasteiger partial charge in [-0.25, -0.2) is 9.18 Å². The van der Waals surface area contributed by atoms with Gasteiger partial charge in [0.1, 0.15) is 5.82 Å². The third-order valence-corrected chi connectivity index (χ3v) is 5.62. The van der Waals surface area contributed by atoms with E-state index in [1.807, 2.05) is 43.3 Å². The van der Waals surface area contributed by atoms with Crippen LogP contribution in [0, 0.1) is 11.7 Å². The standard InChI is InChI=1S/C24H31FN4O2/c1-28(2)22-12-5-18(6-13-22)16-26-23(30)14-7-19-4-3-15-29(17-19)24(31)27-21-10-8-20(25)9-11-21/h5-6,8-13,19H,3-4,7,14-17H2,1-2H3,(H,26,30)(H,27,31)/t19-/m1/s1. The average molecular weight is 427 g/mol. The minimum atomic E-state index is -0.333. The molecule has 3 rings (SSSR count). The molecule has 166 valence electrons. The molecule has 1 heterocycles. The first kappa shape index (κ1) is 22.6. The van der Waals surface area contributed by atoms with Crippen molar-refractivity contribution in [3.63, 3.8) is 0 Å². The van der Waals surface area contributed by atoms with Crippen molar-refractivity contribution >= 4 is 23.3 Å². The van der Waals surface area contributed by atoms with Gasteiger partial charge in [-0.15, -0.1) is 0 Å². The molecule has 0 radical (unpaired) electrons. The lowest BCUT2D eigenvalue weighted by molar-refractivity contribution is -0.121. The Kier molecular flexibility index (Phi) is 7.87. The maximum Gasteiger partial charge on any atom is 0.321 e. The second-order valence-electron chi connectivity index (χ2n) is 8.27. The fourth-order valence-electron chi connectivity index (χ4n) is 3.76. The Labute approximate surface area is 183 Å². The van der Waals surface area contributed by atoms with Gasteiger partial charge in [0, 0.05) is 51.5 Å². The van der Waals surface area contributed by atoms with Crippen LogP contribution in [0.5, 0.6) is 0 Å². The zero-order valence-electron chi connectivity index (χ0n) is 18.2. The molecule has 1 aliphatic heterocycles. The lowest BCUT2D eigenvalue weighted by Crippen LogP contribution is -2.42. The van der Waals surface area contributed by atoms with E-state index in [1.165, 1.54) is 12.1 Å². The molecule has 6 nitrogen and oxygen atoms in total. The van der Waals surface area contributed by atoms with Gasteiger partial charge in [0.05, 0.1) is 0 Å². The van der Waals surface area contributed by atoms with Crippen LogP contribution in [0.15, 0.2) is 48.5 Å². The Bertz CT molecular complexity index is 868. The summed E-state index contributed by atoms with van der Waals surface area (Å²) in [5.41, 5.74) is 2.77. The lowest BCUT2D eigenvalue weighted by atomic mass is 9.93. The van der Waals surface area contributed by atoms with Gasteiger partial charge in [-0.05, 0) is 67.1 Å². The summed E-state index contributed by atoms with van der Waals surface area (Å²) >= 11 is 0. The maximum atomic E-state index is 13.0. The van der Waals surface area contributed by atoms with E-state index >= 15 is 0 Å². The van der Waals surface area contributed by atoms with E-state index in [0.717, 1.165) is 30.5 Å². The average Bonchev–Trinajstić information content (AvgIpc) is 2.78. The molecule has 3 amide bonds. The van der Waals surface area contributed by atoms with Gasteiger partial charge in [0.25, 0.3) is 0 Å². The quantitative estimate of drug-likeness (QED) is 0.696. The second-order valence-corrected chi connectivity index (χ2v) is 8.27. The Morgan fingerprint density at radius 1 is 1.10 bits per heavy atom. The van der Waals surface area contributed by atoms with Gasteiger partial charge in [-0.1, -0.05) is 12.1 Å². The molecular weight excluding hydrogens is 395 g/mol. The molecule has 2 N–H and O–H groups in total. The van der Waals surface area contributed by atoms with Crippen molar-refractivity contribution < 1.29 is 14.0 Å². The number of amides is 3. The molecule has 0 spiro atoms. The number of urea groups is 1. The van der Waals surface area contributed by atoms with Gasteiger partial charge >= 0.3 is 6.03 Å². The van der Waals surface area contributed by atoms with Crippen molar-refractivity contribution in [2.45, 2.75) is 32.2 Å². The zero-order chi connectivity index (χ0) is 22.2. The Morgan fingerprint density at radius 2 is 1.81 bits per heavy atom. The van der Waals surface area contributed by atoms with Crippen molar-refractivity contribution in [2.75, 3.05) is 37.4 Å². The van der Waals surface area contributed by atoms with E-state index in [1.54, 1.807) is 17.0 Å². The van der Waals surface area contributed by atoms with Crippen LogP contribution < -0.4 is 15.5 Å². The smallest absolute Gasteiger partial charge is 0.321 e. The van der Waals surface area contributed by atoms with Gasteiger partial charge in [0.15, 0.2) is 0 Å². The molecule has 0 bridgehead atoms. The van der Waals surface area contributed by atoms with Crippen LogP contribution in [-0.4, -0.2) is 44.0 Å². The van der Waals surface area contributed by atoms with E-state index in [4.69, 9.17) is 0 Å². The first-order chi connectivity index (χ1) is 14.9. The molecule has 0 aliphatic carbocycles. The fraction of sp³-hybridized carbons (Fsp3) is 0.417. The maximum absolute atomic E-state index is 13.0. The highest BCUT2D eigenvalue weighted by molar-refractivity contribution is 5.89. The number of nitrogens with zero attached hydrogens (tertiary/aromatic N) is 2. The number of piperidine rings is 1. The predicted molar refractivity (Wildman–Crippen MR) is 122 cm³/mol. The zero-order valence-corrected chi connectivity index (χ0v) is 18.2. The number of halogens is 1. The normalized spacial score (nSPS) is 16.0. The summed E-state index contributed by atoms with van der Waals surface area (Å²) in [7, 11) is 3.99. The van der Waals surface area contributed by atoms with E-state index in [9.17, 15) is 14.0 Å². The van der Waals surface area contributed by atoms with E-state index in [-0.39, 0.29) is 17.8 Å². The van der Waals surface area contributed by atoms with E-state index in [0.29, 0.717) is 37.7 Å². The van der Waals surface area contributed by atoms with Crippen LogP contribution in [0.4, 0.5) is 20.6 Å². The summed E-state index contributed by atoms with van der Waals surface area (Å²) in [6, 6.07) is 13.7. The molecule has 31 heavy (non-hydrogen) atoms. The van der Waals surface area contributed by atoms with Gasteiger partial charge < -0.3 is 20.4 Å². The number of likely N-dealkylation sites (tertiary alicyclic amines) is 1. The van der Waals surface area contributed by atoms with Crippen molar-refractivity contribution in [3.05, 3.63) is 59.9 Å². The molecular formula is C24H31FN4O2. The molecule has 1 atom stereocenters. The molecule has 0 aromatic heterocycles. The number of hydrogen-bond donors (Lipinski definition) is 2. The SMILES string of the molecule is CN(C)c1ccc(CNC(=O)CC[C@H]2CCCN(C(=O)Nc3ccc(F)cc3)C2)cc1. The van der Waals surface area contributed by atoms with Crippen LogP contribution in [0.2, 0.25) is 0 Å². The fourth-order valence-corrected chi connectivity index (χ4v) is 3.76. The van der Waals surface area contributed by atoms with Gasteiger partial charge in [0.2, 0.25) is 5.91 Å². The number of hydrogen-bond acceptors (Lipinski definition) is 3. The van der Waals surface area contributed by atoms with Crippen LogP contribution >= 0.6 is 0 Å². The molecule has 2 aromatic carbocycles. The highest BCUT2D eigenvalue weighted by Crippen LogP contribution is 2.22. The number of carbonyl (C=O) groups is 2. The second kappa shape index (κ2) is 10.8. The van der Waals surface area contributed by atoms with Gasteiger partial charge in [-0.3, -0.25) is 4.79 Å². The van der Waals surface area contributed by atoms with Crippen molar-refractivity contribution in [1.29, 1.82) is 0 Å². The number of anilines is 2. The van der Waals surface area contributed by atoms with Crippen LogP contribution in [-0.2, 0) is 11.3 Å². The summed E-state index contributed by atoms with van der Waals surface area (Å²) in [5.74, 6) is 0.00214. The number of rotatable bonds is 7. The predicted octanol–water partition coefficient (Wildman–Crippen LogP) is 4.23. The summed E-state index contributed by atoms with van der Waals surface area (Å²) in [5, 5.41) is 5.79. The highest BCUT2D eigenvalue weighted by Gasteiger charge is 2.24. The topological polar surface area (TPSA) is 64.7 Å². The van der Waals surface area contributed by atoms with Gasteiger partial charge in [-0.2, -0.15) is 0 Å².